The third kappa shape index (κ3) is 21.1. The molecule has 4 amide bonds. The van der Waals surface area contributed by atoms with E-state index in [0.29, 0.717) is 86.8 Å². The monoisotopic (exact) mass is 880 g/mol. The number of rotatable bonds is 32. The lowest BCUT2D eigenvalue weighted by molar-refractivity contribution is -0.130. The van der Waals surface area contributed by atoms with Crippen molar-refractivity contribution in [3.63, 3.8) is 0 Å². The van der Waals surface area contributed by atoms with Crippen LogP contribution in [0.5, 0.6) is 0 Å². The van der Waals surface area contributed by atoms with Gasteiger partial charge >= 0.3 is 0 Å². The Kier molecular flexibility index (Phi) is 26.3. The molecule has 61 heavy (non-hydrogen) atoms. The predicted molar refractivity (Wildman–Crippen MR) is 246 cm³/mol. The molecule has 0 radical (unpaired) electrons. The van der Waals surface area contributed by atoms with Crippen molar-refractivity contribution in [3.8, 4) is 0 Å². The van der Waals surface area contributed by atoms with Crippen molar-refractivity contribution in [1.82, 2.24) is 10.6 Å². The number of thioether (sulfide) groups is 2. The number of benzene rings is 2. The minimum atomic E-state index is -0.781. The summed E-state index contributed by atoms with van der Waals surface area (Å²) in [5.41, 5.74) is 14.6. The molecule has 0 heterocycles. The molecule has 2 aromatic rings. The molecule has 0 fully saturated rings. The van der Waals surface area contributed by atoms with Gasteiger partial charge in [-0.05, 0) is 92.8 Å². The van der Waals surface area contributed by atoms with Gasteiger partial charge in [0.2, 0.25) is 11.8 Å². The highest BCUT2D eigenvalue weighted by atomic mass is 32.2. The zero-order chi connectivity index (χ0) is 45.2. The van der Waals surface area contributed by atoms with Crippen LogP contribution in [0.2, 0.25) is 0 Å². The Morgan fingerprint density at radius 1 is 0.508 bits per heavy atom. The number of ketones is 4. The minimum Gasteiger partial charge on any atom is -0.321 e. The number of nitrogens with one attached hydrogen (secondary N) is 2. The van der Waals surface area contributed by atoms with Crippen molar-refractivity contribution >= 4 is 70.3 Å². The maximum Gasteiger partial charge on any atom is 0.257 e. The van der Waals surface area contributed by atoms with Crippen molar-refractivity contribution < 1.29 is 38.4 Å². The second kappa shape index (κ2) is 30.1. The lowest BCUT2D eigenvalue weighted by atomic mass is 9.91. The van der Waals surface area contributed by atoms with E-state index in [0.717, 1.165) is 24.0 Å². The molecule has 4 unspecified atom stereocenters. The minimum absolute atomic E-state index is 0.0121. The highest BCUT2D eigenvalue weighted by Crippen LogP contribution is 2.21. The Labute approximate surface area is 371 Å². The van der Waals surface area contributed by atoms with Gasteiger partial charge in [-0.3, -0.25) is 49.0 Å². The number of hydrogen-bond donors (Lipinski definition) is 4. The van der Waals surface area contributed by atoms with Crippen molar-refractivity contribution in [1.29, 1.82) is 0 Å². The maximum absolute atomic E-state index is 13.4. The van der Waals surface area contributed by atoms with E-state index in [1.165, 1.54) is 23.5 Å². The van der Waals surface area contributed by atoms with Crippen LogP contribution in [-0.4, -0.2) is 82.9 Å². The van der Waals surface area contributed by atoms with Gasteiger partial charge in [-0.2, -0.15) is 23.5 Å². The van der Waals surface area contributed by atoms with Crippen LogP contribution >= 0.6 is 23.5 Å². The van der Waals surface area contributed by atoms with Gasteiger partial charge in [-0.15, -0.1) is 0 Å². The molecular formula is C47H68N4O8S2. The maximum atomic E-state index is 13.4. The van der Waals surface area contributed by atoms with Crippen molar-refractivity contribution in [2.24, 2.45) is 23.3 Å². The lowest BCUT2D eigenvalue weighted by Crippen LogP contribution is -2.37. The molecule has 0 bridgehead atoms. The second-order valence-electron chi connectivity index (χ2n) is 15.7. The van der Waals surface area contributed by atoms with E-state index in [9.17, 15) is 38.4 Å². The summed E-state index contributed by atoms with van der Waals surface area (Å²) in [5.74, 6) is -3.15. The third-order valence-electron chi connectivity index (χ3n) is 10.8. The largest absolute Gasteiger partial charge is 0.321 e. The summed E-state index contributed by atoms with van der Waals surface area (Å²) in [5, 5.41) is 4.92. The highest BCUT2D eigenvalue weighted by molar-refractivity contribution is 7.98. The van der Waals surface area contributed by atoms with Crippen molar-refractivity contribution in [2.75, 3.05) is 24.0 Å². The Morgan fingerprint density at radius 3 is 1.20 bits per heavy atom. The Bertz CT molecular complexity index is 1610. The average molecular weight is 881 g/mol. The molecule has 12 nitrogen and oxygen atoms in total. The van der Waals surface area contributed by atoms with E-state index < -0.39 is 47.5 Å². The quantitative estimate of drug-likeness (QED) is 0.0561. The van der Waals surface area contributed by atoms with E-state index in [-0.39, 0.29) is 55.2 Å². The Balaban J connectivity index is 2.02. The molecule has 6 N–H and O–H groups in total. The van der Waals surface area contributed by atoms with Crippen molar-refractivity contribution in [2.45, 2.75) is 135 Å². The van der Waals surface area contributed by atoms with Crippen LogP contribution in [0.25, 0.3) is 0 Å². The van der Waals surface area contributed by atoms with Gasteiger partial charge in [0, 0.05) is 73.0 Å². The fourth-order valence-corrected chi connectivity index (χ4v) is 7.98. The Morgan fingerprint density at radius 2 is 0.869 bits per heavy atom. The van der Waals surface area contributed by atoms with Crippen LogP contribution in [0.4, 0.5) is 0 Å². The van der Waals surface area contributed by atoms with Crippen LogP contribution in [0.15, 0.2) is 48.5 Å². The van der Waals surface area contributed by atoms with Gasteiger partial charge in [-0.1, -0.05) is 63.8 Å². The van der Waals surface area contributed by atoms with E-state index in [2.05, 4.69) is 10.6 Å². The van der Waals surface area contributed by atoms with Crippen molar-refractivity contribution in [3.05, 3.63) is 70.8 Å². The molecule has 4 atom stereocenters. The molecule has 14 heteroatoms. The van der Waals surface area contributed by atoms with E-state index in [4.69, 9.17) is 11.5 Å². The smallest absolute Gasteiger partial charge is 0.257 e. The van der Waals surface area contributed by atoms with E-state index in [1.54, 1.807) is 24.3 Å². The predicted octanol–water partition coefficient (Wildman–Crippen LogP) is 6.77. The first-order valence-corrected chi connectivity index (χ1v) is 24.5. The number of nitrogens with two attached hydrogens (primary N) is 2. The standard InChI is InChI=1S/C47H68N4O8S2/c1-5-32-20-24-34(25-21-32)44(56)50-46(58)36(14-9-7-11-18-42(54)40(48)30-60-3)28-38(52)16-13-17-39(53)29-37(15-10-8-12-19-43(55)41(49)31-61-4)47(59)51-45(57)35-26-22-33(6-2)23-27-35/h20-27,36-37,40-41H,5-19,28-31,48-49H2,1-4H3,(H,50,56,58)(H,51,57,59). The zero-order valence-corrected chi connectivity index (χ0v) is 38.2. The number of hydrogen-bond acceptors (Lipinski definition) is 12. The third-order valence-corrected chi connectivity index (χ3v) is 12.2. The number of aryl methyl sites for hydroxylation is 2. The van der Waals surface area contributed by atoms with Gasteiger partial charge in [0.25, 0.3) is 11.8 Å². The Hall–Kier alpha value is -3.98. The van der Waals surface area contributed by atoms with Gasteiger partial charge < -0.3 is 11.5 Å². The fraction of sp³-hybridized carbons (Fsp3) is 0.574. The van der Waals surface area contributed by atoms with Crippen LogP contribution in [0.1, 0.15) is 142 Å². The van der Waals surface area contributed by atoms with Crippen LogP contribution in [0.3, 0.4) is 0 Å². The summed E-state index contributed by atoms with van der Waals surface area (Å²) in [7, 11) is 0. The SMILES string of the molecule is CCc1ccc(C(=O)NC(=O)C(CCCCCC(=O)C(N)CSC)CC(=O)CCCC(=O)CC(CCCCCC(=O)C(N)CSC)C(=O)NC(=O)c2ccc(CC)cc2)cc1. The zero-order valence-electron chi connectivity index (χ0n) is 36.6. The van der Waals surface area contributed by atoms with E-state index in [1.807, 2.05) is 50.6 Å². The molecule has 0 spiro atoms. The number of imide groups is 2. The van der Waals surface area contributed by atoms with Gasteiger partial charge in [0.1, 0.15) is 23.1 Å². The molecule has 0 aliphatic heterocycles. The second-order valence-corrected chi connectivity index (χ2v) is 17.5. The molecule has 0 aliphatic carbocycles. The number of Topliss-reactive ketones (excluding diaryl/α,β-unsaturated/α-hetero) is 4. The molecule has 0 saturated heterocycles. The summed E-state index contributed by atoms with van der Waals surface area (Å²) in [4.78, 5) is 104. The van der Waals surface area contributed by atoms with Gasteiger partial charge in [-0.25, -0.2) is 0 Å². The van der Waals surface area contributed by atoms with E-state index >= 15 is 0 Å². The summed E-state index contributed by atoms with van der Waals surface area (Å²) >= 11 is 3.02. The number of unbranched alkanes of at least 4 members (excludes halogenated alkanes) is 4. The molecule has 336 valence electrons. The van der Waals surface area contributed by atoms with Crippen LogP contribution in [0, 0.1) is 11.8 Å². The summed E-state index contributed by atoms with van der Waals surface area (Å²) < 4.78 is 0. The first-order valence-electron chi connectivity index (χ1n) is 21.7. The van der Waals surface area contributed by atoms with Crippen LogP contribution < -0.4 is 22.1 Å². The first kappa shape index (κ1) is 53.2. The topological polar surface area (TPSA) is 213 Å². The molecular weight excluding hydrogens is 813 g/mol. The van der Waals surface area contributed by atoms with Gasteiger partial charge in [0.05, 0.1) is 12.1 Å². The first-order chi connectivity index (χ1) is 29.2. The summed E-state index contributed by atoms with van der Waals surface area (Å²) in [6.45, 7) is 4.00. The number of carbonyl (C=O) groups excluding carboxylic acids is 8. The lowest BCUT2D eigenvalue weighted by Gasteiger charge is -2.17. The molecule has 0 aliphatic rings. The molecule has 2 aromatic carbocycles. The molecule has 0 aromatic heterocycles. The molecule has 2 rings (SSSR count). The number of carbonyl (C=O) groups is 8. The normalized spacial score (nSPS) is 13.1. The van der Waals surface area contributed by atoms with Crippen LogP contribution in [-0.2, 0) is 41.6 Å². The molecule has 0 saturated carbocycles. The summed E-state index contributed by atoms with van der Waals surface area (Å²) in [6, 6.07) is 12.9. The fourth-order valence-electron chi connectivity index (χ4n) is 6.89. The summed E-state index contributed by atoms with van der Waals surface area (Å²) in [6.07, 6.45) is 10.4. The number of amides is 4. The average Bonchev–Trinajstić information content (AvgIpc) is 3.25. The highest BCUT2D eigenvalue weighted by Gasteiger charge is 2.26. The van der Waals surface area contributed by atoms with Gasteiger partial charge in [0.15, 0.2) is 0 Å².